The van der Waals surface area contributed by atoms with Gasteiger partial charge in [-0.15, -0.1) is 11.6 Å². The molecule has 1 aromatic rings. The normalized spacial score (nSPS) is 25.5. The van der Waals surface area contributed by atoms with Gasteiger partial charge in [-0.2, -0.15) is 0 Å². The van der Waals surface area contributed by atoms with Crippen LogP contribution in [0.5, 0.6) is 0 Å². The molecule has 1 aromatic carbocycles. The molecule has 94 valence electrons. The highest BCUT2D eigenvalue weighted by Crippen LogP contribution is 2.49. The monoisotopic (exact) mass is 254 g/mol. The lowest BCUT2D eigenvalue weighted by Gasteiger charge is -2.41. The van der Waals surface area contributed by atoms with Crippen LogP contribution in [0.1, 0.15) is 50.5 Å². The SMILES string of the molecule is CC1(C)CCCCC1C(Cl)c1ccc(F)cc1. The van der Waals surface area contributed by atoms with Crippen LogP contribution in [-0.4, -0.2) is 0 Å². The lowest BCUT2D eigenvalue weighted by atomic mass is 9.66. The first kappa shape index (κ1) is 12.9. The quantitative estimate of drug-likeness (QED) is 0.627. The molecule has 0 heterocycles. The van der Waals surface area contributed by atoms with E-state index in [0.29, 0.717) is 11.3 Å². The molecule has 17 heavy (non-hydrogen) atoms. The number of hydrogen-bond donors (Lipinski definition) is 0. The van der Waals surface area contributed by atoms with Crippen LogP contribution in [-0.2, 0) is 0 Å². The van der Waals surface area contributed by atoms with Gasteiger partial charge in [-0.05, 0) is 41.9 Å². The van der Waals surface area contributed by atoms with Crippen molar-refractivity contribution >= 4 is 11.6 Å². The highest BCUT2D eigenvalue weighted by molar-refractivity contribution is 6.21. The molecular formula is C15H20ClF. The molecule has 0 aromatic heterocycles. The van der Waals surface area contributed by atoms with E-state index in [9.17, 15) is 4.39 Å². The standard InChI is InChI=1S/C15H20ClF/c1-15(2)10-4-3-5-13(15)14(16)11-6-8-12(17)9-7-11/h6-9,13-14H,3-5,10H2,1-2H3. The molecular weight excluding hydrogens is 235 g/mol. The van der Waals surface area contributed by atoms with E-state index in [2.05, 4.69) is 13.8 Å². The van der Waals surface area contributed by atoms with Crippen LogP contribution in [0, 0.1) is 17.2 Å². The molecule has 0 amide bonds. The Hall–Kier alpha value is -0.560. The van der Waals surface area contributed by atoms with Gasteiger partial charge in [0.25, 0.3) is 0 Å². The van der Waals surface area contributed by atoms with Crippen molar-refractivity contribution in [2.75, 3.05) is 0 Å². The highest BCUT2D eigenvalue weighted by atomic mass is 35.5. The second-order valence-corrected chi connectivity index (χ2v) is 6.26. The summed E-state index contributed by atoms with van der Waals surface area (Å²) in [5.41, 5.74) is 1.34. The molecule has 2 heteroatoms. The molecule has 0 bridgehead atoms. The molecule has 1 saturated carbocycles. The van der Waals surface area contributed by atoms with Crippen molar-refractivity contribution in [1.29, 1.82) is 0 Å². The van der Waals surface area contributed by atoms with Gasteiger partial charge >= 0.3 is 0 Å². The molecule has 0 radical (unpaired) electrons. The Balaban J connectivity index is 2.18. The summed E-state index contributed by atoms with van der Waals surface area (Å²) in [5, 5.41) is 0.00546. The molecule has 0 nitrogen and oxygen atoms in total. The largest absolute Gasteiger partial charge is 0.207 e. The Morgan fingerprint density at radius 1 is 1.24 bits per heavy atom. The molecule has 1 aliphatic rings. The van der Waals surface area contributed by atoms with Crippen LogP contribution >= 0.6 is 11.6 Å². The third-order valence-electron chi connectivity index (χ3n) is 4.13. The van der Waals surface area contributed by atoms with Crippen LogP contribution in [0.15, 0.2) is 24.3 Å². The van der Waals surface area contributed by atoms with Gasteiger partial charge < -0.3 is 0 Å². The van der Waals surface area contributed by atoms with Crippen LogP contribution in [0.4, 0.5) is 4.39 Å². The van der Waals surface area contributed by atoms with Crippen LogP contribution in [0.2, 0.25) is 0 Å². The predicted octanol–water partition coefficient (Wildman–Crippen LogP) is 5.32. The van der Waals surface area contributed by atoms with Gasteiger partial charge in [-0.1, -0.05) is 38.8 Å². The first-order valence-electron chi connectivity index (χ1n) is 6.40. The maximum Gasteiger partial charge on any atom is 0.123 e. The van der Waals surface area contributed by atoms with Crippen molar-refractivity contribution in [2.45, 2.75) is 44.9 Å². The Kier molecular flexibility index (Phi) is 3.77. The van der Waals surface area contributed by atoms with Gasteiger partial charge in [-0.25, -0.2) is 4.39 Å². The summed E-state index contributed by atoms with van der Waals surface area (Å²) in [5.74, 6) is 0.295. The van der Waals surface area contributed by atoms with Crippen molar-refractivity contribution in [2.24, 2.45) is 11.3 Å². The second-order valence-electron chi connectivity index (χ2n) is 5.79. The van der Waals surface area contributed by atoms with E-state index in [1.54, 1.807) is 0 Å². The molecule has 0 aliphatic heterocycles. The fourth-order valence-electron chi connectivity index (χ4n) is 2.94. The lowest BCUT2D eigenvalue weighted by molar-refractivity contribution is 0.133. The van der Waals surface area contributed by atoms with Gasteiger partial charge in [0.05, 0.1) is 5.38 Å². The zero-order valence-electron chi connectivity index (χ0n) is 10.5. The first-order chi connectivity index (χ1) is 8.00. The van der Waals surface area contributed by atoms with Gasteiger partial charge in [0.1, 0.15) is 5.82 Å². The first-order valence-corrected chi connectivity index (χ1v) is 6.84. The Bertz CT molecular complexity index is 369. The molecule has 0 spiro atoms. The number of rotatable bonds is 2. The average molecular weight is 255 g/mol. The minimum atomic E-state index is -0.194. The molecule has 1 aliphatic carbocycles. The zero-order valence-corrected chi connectivity index (χ0v) is 11.3. The van der Waals surface area contributed by atoms with Crippen LogP contribution < -0.4 is 0 Å². The predicted molar refractivity (Wildman–Crippen MR) is 70.7 cm³/mol. The van der Waals surface area contributed by atoms with Gasteiger partial charge in [0, 0.05) is 0 Å². The fraction of sp³-hybridized carbons (Fsp3) is 0.600. The second kappa shape index (κ2) is 4.97. The fourth-order valence-corrected chi connectivity index (χ4v) is 3.55. The minimum Gasteiger partial charge on any atom is -0.207 e. The zero-order chi connectivity index (χ0) is 12.5. The van der Waals surface area contributed by atoms with Crippen molar-refractivity contribution in [3.05, 3.63) is 35.6 Å². The van der Waals surface area contributed by atoms with E-state index < -0.39 is 0 Å². The van der Waals surface area contributed by atoms with Crippen molar-refractivity contribution in [1.82, 2.24) is 0 Å². The highest BCUT2D eigenvalue weighted by Gasteiger charge is 2.37. The summed E-state index contributed by atoms with van der Waals surface area (Å²) in [6, 6.07) is 6.64. The number of benzene rings is 1. The van der Waals surface area contributed by atoms with Crippen LogP contribution in [0.3, 0.4) is 0 Å². The summed E-state index contributed by atoms with van der Waals surface area (Å²) >= 11 is 6.60. The van der Waals surface area contributed by atoms with Crippen LogP contribution in [0.25, 0.3) is 0 Å². The average Bonchev–Trinajstić information content (AvgIpc) is 2.28. The topological polar surface area (TPSA) is 0 Å². The lowest BCUT2D eigenvalue weighted by Crippen LogP contribution is -2.30. The molecule has 2 atom stereocenters. The Labute approximate surface area is 108 Å². The summed E-state index contributed by atoms with van der Waals surface area (Å²) in [4.78, 5) is 0. The summed E-state index contributed by atoms with van der Waals surface area (Å²) in [6.45, 7) is 4.60. The molecule has 2 rings (SSSR count). The van der Waals surface area contributed by atoms with E-state index in [4.69, 9.17) is 11.6 Å². The van der Waals surface area contributed by atoms with Gasteiger partial charge in [0.2, 0.25) is 0 Å². The van der Waals surface area contributed by atoms with Crippen molar-refractivity contribution < 1.29 is 4.39 Å². The Morgan fingerprint density at radius 2 is 1.88 bits per heavy atom. The Morgan fingerprint density at radius 3 is 2.47 bits per heavy atom. The smallest absolute Gasteiger partial charge is 0.123 e. The number of halogens is 2. The van der Waals surface area contributed by atoms with E-state index in [1.807, 2.05) is 12.1 Å². The molecule has 1 fully saturated rings. The molecule has 2 unspecified atom stereocenters. The maximum absolute atomic E-state index is 12.9. The van der Waals surface area contributed by atoms with E-state index in [0.717, 1.165) is 5.56 Å². The maximum atomic E-state index is 12.9. The van der Waals surface area contributed by atoms with Gasteiger partial charge in [0.15, 0.2) is 0 Å². The minimum absolute atomic E-state index is 0.00546. The number of alkyl halides is 1. The third kappa shape index (κ3) is 2.82. The van der Waals surface area contributed by atoms with E-state index in [1.165, 1.54) is 37.8 Å². The van der Waals surface area contributed by atoms with Crippen molar-refractivity contribution in [3.63, 3.8) is 0 Å². The van der Waals surface area contributed by atoms with Gasteiger partial charge in [-0.3, -0.25) is 0 Å². The van der Waals surface area contributed by atoms with E-state index in [-0.39, 0.29) is 11.2 Å². The molecule has 0 N–H and O–H groups in total. The van der Waals surface area contributed by atoms with E-state index >= 15 is 0 Å². The summed E-state index contributed by atoms with van der Waals surface area (Å²) < 4.78 is 12.9. The van der Waals surface area contributed by atoms with Crippen molar-refractivity contribution in [3.8, 4) is 0 Å². The number of hydrogen-bond acceptors (Lipinski definition) is 0. The molecule has 0 saturated heterocycles. The summed E-state index contributed by atoms with van der Waals surface area (Å²) in [7, 11) is 0. The summed E-state index contributed by atoms with van der Waals surface area (Å²) in [6.07, 6.45) is 4.98. The third-order valence-corrected chi connectivity index (χ3v) is 4.69.